The molecule has 1 amide bonds. The zero-order valence-electron chi connectivity index (χ0n) is 18.5. The van der Waals surface area contributed by atoms with E-state index in [-0.39, 0.29) is 12.8 Å². The van der Waals surface area contributed by atoms with Gasteiger partial charge in [-0.25, -0.2) is 9.97 Å². The smallest absolute Gasteiger partial charge is 0.325 e. The number of carbonyl (C=O) groups is 3. The lowest BCUT2D eigenvalue weighted by Gasteiger charge is -2.27. The molecule has 1 aromatic carbocycles. The fraction of sp³-hybridized carbons (Fsp3) is 0.348. The second-order valence-corrected chi connectivity index (χ2v) is 8.11. The van der Waals surface area contributed by atoms with Gasteiger partial charge in [0, 0.05) is 73.3 Å². The molecular formula is C23H26N6O5. The molecule has 34 heavy (non-hydrogen) atoms. The van der Waals surface area contributed by atoms with Crippen molar-refractivity contribution in [1.29, 1.82) is 0 Å². The van der Waals surface area contributed by atoms with E-state index in [1.807, 2.05) is 4.90 Å². The van der Waals surface area contributed by atoms with Gasteiger partial charge in [0.05, 0.1) is 6.42 Å². The van der Waals surface area contributed by atoms with E-state index in [4.69, 9.17) is 5.11 Å². The van der Waals surface area contributed by atoms with E-state index in [2.05, 4.69) is 25.2 Å². The number of aromatic amines is 1. The largest absolute Gasteiger partial charge is 0.481 e. The average Bonchev–Trinajstić information content (AvgIpc) is 3.06. The molecule has 1 aliphatic heterocycles. The van der Waals surface area contributed by atoms with E-state index in [0.29, 0.717) is 42.4 Å². The van der Waals surface area contributed by atoms with Crippen LogP contribution in [0.4, 0.5) is 11.6 Å². The Morgan fingerprint density at radius 3 is 2.59 bits per heavy atom. The highest BCUT2D eigenvalue weighted by Gasteiger charge is 2.31. The van der Waals surface area contributed by atoms with E-state index in [1.165, 1.54) is 0 Å². The number of carbonyl (C=O) groups excluding carboxylic acids is 1. The number of nitrogens with zero attached hydrogens (tertiary/aromatic N) is 4. The minimum absolute atomic E-state index is 0.121. The van der Waals surface area contributed by atoms with Gasteiger partial charge in [-0.05, 0) is 24.6 Å². The first kappa shape index (κ1) is 23.2. The highest BCUT2D eigenvalue weighted by atomic mass is 16.4. The van der Waals surface area contributed by atoms with E-state index in [1.54, 1.807) is 42.9 Å². The van der Waals surface area contributed by atoms with Crippen LogP contribution >= 0.6 is 0 Å². The number of hydrogen-bond acceptors (Lipinski definition) is 7. The van der Waals surface area contributed by atoms with Crippen LogP contribution in [0.3, 0.4) is 0 Å². The van der Waals surface area contributed by atoms with Gasteiger partial charge in [0.15, 0.2) is 0 Å². The minimum Gasteiger partial charge on any atom is -0.481 e. The lowest BCUT2D eigenvalue weighted by atomic mass is 10.0. The molecule has 1 atom stereocenters. The third-order valence-electron chi connectivity index (χ3n) is 5.82. The Labute approximate surface area is 195 Å². The van der Waals surface area contributed by atoms with Crippen LogP contribution in [0.2, 0.25) is 0 Å². The van der Waals surface area contributed by atoms with Gasteiger partial charge >= 0.3 is 11.9 Å². The molecule has 0 radical (unpaired) electrons. The van der Waals surface area contributed by atoms with Crippen molar-refractivity contribution in [1.82, 2.24) is 19.9 Å². The topological polar surface area (TPSA) is 152 Å². The van der Waals surface area contributed by atoms with Crippen LogP contribution in [0.1, 0.15) is 30.9 Å². The zero-order chi connectivity index (χ0) is 24.1. The SMILES string of the molecule is O=C(O)CCC(=O)Nc1ccc2c([C@H](C(=O)O)N3CCCN(c4ncccn4)CC3)c[nH]c2c1. The molecule has 0 aliphatic carbocycles. The number of carboxylic acids is 2. The van der Waals surface area contributed by atoms with E-state index in [0.717, 1.165) is 18.4 Å². The summed E-state index contributed by atoms with van der Waals surface area (Å²) in [5, 5.41) is 22.3. The van der Waals surface area contributed by atoms with Crippen molar-refractivity contribution in [2.75, 3.05) is 36.4 Å². The van der Waals surface area contributed by atoms with Gasteiger partial charge in [-0.15, -0.1) is 0 Å². The molecule has 11 nitrogen and oxygen atoms in total. The van der Waals surface area contributed by atoms with Gasteiger partial charge < -0.3 is 25.4 Å². The molecule has 0 bridgehead atoms. The van der Waals surface area contributed by atoms with Crippen molar-refractivity contribution in [3.63, 3.8) is 0 Å². The van der Waals surface area contributed by atoms with Crippen LogP contribution in [-0.2, 0) is 14.4 Å². The van der Waals surface area contributed by atoms with Crippen molar-refractivity contribution in [3.05, 3.63) is 48.4 Å². The number of fused-ring (bicyclic) bond motifs is 1. The first-order valence-corrected chi connectivity index (χ1v) is 11.0. The number of nitrogens with one attached hydrogen (secondary N) is 2. The summed E-state index contributed by atoms with van der Waals surface area (Å²) in [4.78, 5) is 50.7. The summed E-state index contributed by atoms with van der Waals surface area (Å²) in [5.74, 6) is -1.72. The lowest BCUT2D eigenvalue weighted by molar-refractivity contribution is -0.143. The Hall–Kier alpha value is -3.99. The highest BCUT2D eigenvalue weighted by molar-refractivity contribution is 5.96. The molecule has 3 heterocycles. The number of rotatable bonds is 8. The number of aromatic nitrogens is 3. The van der Waals surface area contributed by atoms with Gasteiger partial charge in [0.1, 0.15) is 6.04 Å². The maximum Gasteiger partial charge on any atom is 0.325 e. The average molecular weight is 466 g/mol. The van der Waals surface area contributed by atoms with E-state index < -0.39 is 23.9 Å². The summed E-state index contributed by atoms with van der Waals surface area (Å²) >= 11 is 0. The van der Waals surface area contributed by atoms with Crippen LogP contribution in [-0.4, -0.2) is 74.1 Å². The summed E-state index contributed by atoms with van der Waals surface area (Å²) < 4.78 is 0. The zero-order valence-corrected chi connectivity index (χ0v) is 18.5. The predicted octanol–water partition coefficient (Wildman–Crippen LogP) is 2.10. The highest BCUT2D eigenvalue weighted by Crippen LogP contribution is 2.31. The van der Waals surface area contributed by atoms with Crippen molar-refractivity contribution in [2.45, 2.75) is 25.3 Å². The summed E-state index contributed by atoms with van der Waals surface area (Å²) in [6, 6.07) is 6.10. The van der Waals surface area contributed by atoms with Gasteiger partial charge in [-0.1, -0.05) is 6.07 Å². The fourth-order valence-corrected chi connectivity index (χ4v) is 4.23. The first-order chi connectivity index (χ1) is 16.4. The van der Waals surface area contributed by atoms with Crippen LogP contribution < -0.4 is 10.2 Å². The van der Waals surface area contributed by atoms with Crippen LogP contribution in [0.5, 0.6) is 0 Å². The standard InChI is InChI=1S/C23H26N6O5/c30-19(5-6-20(31)32)27-15-3-4-16-17(14-26-18(16)13-15)21(22(33)34)28-9-2-10-29(12-11-28)23-24-7-1-8-25-23/h1,3-4,7-8,13-14,21,26H,2,5-6,9-12H2,(H,27,30)(H,31,32)(H,33,34)/t21-/m1/s1. The van der Waals surface area contributed by atoms with Crippen molar-refractivity contribution < 1.29 is 24.6 Å². The normalized spacial score (nSPS) is 15.6. The Morgan fingerprint density at radius 1 is 1.06 bits per heavy atom. The van der Waals surface area contributed by atoms with Crippen LogP contribution in [0.15, 0.2) is 42.9 Å². The summed E-state index contributed by atoms with van der Waals surface area (Å²) in [5.41, 5.74) is 1.85. The van der Waals surface area contributed by atoms with Gasteiger partial charge in [0.2, 0.25) is 11.9 Å². The summed E-state index contributed by atoms with van der Waals surface area (Å²) in [6.45, 7) is 2.51. The third kappa shape index (κ3) is 5.31. The molecule has 1 fully saturated rings. The number of carboxylic acid groups (broad SMARTS) is 2. The van der Waals surface area contributed by atoms with Crippen LogP contribution in [0, 0.1) is 0 Å². The molecule has 2 aromatic heterocycles. The number of H-pyrrole nitrogens is 1. The van der Waals surface area contributed by atoms with Crippen molar-refractivity contribution in [2.24, 2.45) is 0 Å². The monoisotopic (exact) mass is 466 g/mol. The number of hydrogen-bond donors (Lipinski definition) is 4. The summed E-state index contributed by atoms with van der Waals surface area (Å²) in [6.07, 6.45) is 5.49. The Balaban J connectivity index is 1.51. The number of amides is 1. The molecule has 0 unspecified atom stereocenters. The second kappa shape index (κ2) is 10.3. The quantitative estimate of drug-likeness (QED) is 0.391. The van der Waals surface area contributed by atoms with Crippen molar-refractivity contribution >= 4 is 40.4 Å². The van der Waals surface area contributed by atoms with Crippen molar-refractivity contribution in [3.8, 4) is 0 Å². The molecule has 4 N–H and O–H groups in total. The molecule has 4 rings (SSSR count). The van der Waals surface area contributed by atoms with E-state index >= 15 is 0 Å². The predicted molar refractivity (Wildman–Crippen MR) is 125 cm³/mol. The molecule has 1 aliphatic rings. The van der Waals surface area contributed by atoms with Crippen LogP contribution in [0.25, 0.3) is 10.9 Å². The summed E-state index contributed by atoms with van der Waals surface area (Å²) in [7, 11) is 0. The molecular weight excluding hydrogens is 440 g/mol. The molecule has 178 valence electrons. The second-order valence-electron chi connectivity index (χ2n) is 8.11. The Morgan fingerprint density at radius 2 is 1.85 bits per heavy atom. The fourth-order valence-electron chi connectivity index (χ4n) is 4.23. The number of aliphatic carboxylic acids is 2. The maximum absolute atomic E-state index is 12.3. The molecule has 0 saturated carbocycles. The molecule has 0 spiro atoms. The first-order valence-electron chi connectivity index (χ1n) is 11.0. The maximum atomic E-state index is 12.3. The van der Waals surface area contributed by atoms with Gasteiger partial charge in [-0.2, -0.15) is 0 Å². The van der Waals surface area contributed by atoms with Gasteiger partial charge in [0.25, 0.3) is 0 Å². The van der Waals surface area contributed by atoms with E-state index in [9.17, 15) is 19.5 Å². The minimum atomic E-state index is -1.03. The van der Waals surface area contributed by atoms with Gasteiger partial charge in [-0.3, -0.25) is 19.3 Å². The third-order valence-corrected chi connectivity index (χ3v) is 5.82. The Bertz CT molecular complexity index is 1180. The molecule has 3 aromatic rings. The molecule has 11 heteroatoms. The Kier molecular flexibility index (Phi) is 7.02. The number of benzene rings is 1. The lowest BCUT2D eigenvalue weighted by Crippen LogP contribution is -2.37. The number of anilines is 2. The molecule has 1 saturated heterocycles.